The van der Waals surface area contributed by atoms with Gasteiger partial charge >= 0.3 is 5.97 Å². The minimum atomic E-state index is -0.469. The maximum Gasteiger partial charge on any atom is 0.350 e. The minimum Gasteiger partial charge on any atom is -0.391 e. The lowest BCUT2D eigenvalue weighted by Gasteiger charge is -2.12. The van der Waals surface area contributed by atoms with Crippen LogP contribution >= 0.6 is 12.9 Å². The minimum absolute atomic E-state index is 0.469. The van der Waals surface area contributed by atoms with Crippen molar-refractivity contribution in [2.24, 2.45) is 7.05 Å². The predicted molar refractivity (Wildman–Crippen MR) is 164 cm³/mol. The predicted octanol–water partition coefficient (Wildman–Crippen LogP) is 7.57. The number of carbonyl (C=O) groups is 1. The zero-order valence-electron chi connectivity index (χ0n) is 22.8. The van der Waals surface area contributed by atoms with Gasteiger partial charge in [-0.25, -0.2) is 14.8 Å². The first-order valence-corrected chi connectivity index (χ1v) is 13.8. The molecule has 0 N–H and O–H groups in total. The third kappa shape index (κ3) is 4.56. The Morgan fingerprint density at radius 2 is 1.65 bits per heavy atom. The second-order valence-electron chi connectivity index (χ2n) is 10.1. The van der Waals surface area contributed by atoms with Crippen LogP contribution in [0.5, 0.6) is 0 Å². The summed E-state index contributed by atoms with van der Waals surface area (Å²) in [5.74, 6) is 1.55. The molecule has 0 bridgehead atoms. The monoisotopic (exact) mass is 546 g/mol. The molecule has 7 heteroatoms. The van der Waals surface area contributed by atoms with Crippen molar-refractivity contribution in [1.82, 2.24) is 19.1 Å². The zero-order valence-corrected chi connectivity index (χ0v) is 23.7. The Morgan fingerprint density at radius 3 is 2.40 bits per heavy atom. The van der Waals surface area contributed by atoms with Gasteiger partial charge in [0, 0.05) is 38.5 Å². The van der Waals surface area contributed by atoms with Gasteiger partial charge in [0.1, 0.15) is 11.6 Å². The molecule has 0 aliphatic rings. The van der Waals surface area contributed by atoms with Crippen molar-refractivity contribution in [2.75, 3.05) is 0 Å². The Bertz CT molecular complexity index is 1870. The summed E-state index contributed by atoms with van der Waals surface area (Å²) in [5.41, 5.74) is 9.86. The smallest absolute Gasteiger partial charge is 0.350 e. The van der Waals surface area contributed by atoms with E-state index >= 15 is 0 Å². The molecular weight excluding hydrogens is 516 g/mol. The second kappa shape index (κ2) is 10.7. The first kappa shape index (κ1) is 25.9. The van der Waals surface area contributed by atoms with Crippen LogP contribution in [0.4, 0.5) is 0 Å². The van der Waals surface area contributed by atoms with Crippen LogP contribution in [0.25, 0.3) is 44.6 Å². The summed E-state index contributed by atoms with van der Waals surface area (Å²) in [6.45, 7) is 5.00. The van der Waals surface area contributed by atoms with Crippen molar-refractivity contribution >= 4 is 40.9 Å². The van der Waals surface area contributed by atoms with Crippen LogP contribution in [0.1, 0.15) is 40.7 Å². The zero-order chi connectivity index (χ0) is 27.8. The fourth-order valence-corrected chi connectivity index (χ4v) is 5.60. The number of hydrogen-bond donors (Lipinski definition) is 1. The van der Waals surface area contributed by atoms with Gasteiger partial charge in [0.15, 0.2) is 0 Å². The number of aromatic nitrogens is 4. The van der Waals surface area contributed by atoms with Crippen molar-refractivity contribution in [3.63, 3.8) is 0 Å². The summed E-state index contributed by atoms with van der Waals surface area (Å²) in [5, 5.41) is 0. The fraction of sp³-hybridized carbons (Fsp3) is 0.182. The first-order chi connectivity index (χ1) is 19.5. The van der Waals surface area contributed by atoms with E-state index in [0.29, 0.717) is 12.1 Å². The molecule has 6 nitrogen and oxygen atoms in total. The van der Waals surface area contributed by atoms with E-state index < -0.39 is 5.97 Å². The quantitative estimate of drug-likeness (QED) is 0.166. The van der Waals surface area contributed by atoms with Crippen LogP contribution in [0.2, 0.25) is 0 Å². The largest absolute Gasteiger partial charge is 0.391 e. The van der Waals surface area contributed by atoms with Crippen LogP contribution in [-0.2, 0) is 24.2 Å². The van der Waals surface area contributed by atoms with Gasteiger partial charge in [0.25, 0.3) is 0 Å². The number of thiol groups is 1. The van der Waals surface area contributed by atoms with Crippen molar-refractivity contribution in [2.45, 2.75) is 33.2 Å². The Morgan fingerprint density at radius 1 is 0.900 bits per heavy atom. The van der Waals surface area contributed by atoms with E-state index in [2.05, 4.69) is 95.7 Å². The molecule has 4 aromatic carbocycles. The normalized spacial score (nSPS) is 11.4. The van der Waals surface area contributed by atoms with Crippen molar-refractivity contribution in [3.8, 4) is 22.5 Å². The van der Waals surface area contributed by atoms with Gasteiger partial charge in [-0.05, 0) is 65.9 Å². The van der Waals surface area contributed by atoms with Gasteiger partial charge in [-0.1, -0.05) is 61.5 Å². The molecule has 2 heterocycles. The summed E-state index contributed by atoms with van der Waals surface area (Å²) >= 11 is 3.70. The number of imidazole rings is 2. The lowest BCUT2D eigenvalue weighted by atomic mass is 9.98. The van der Waals surface area contributed by atoms with Crippen LogP contribution in [0, 0.1) is 6.92 Å². The highest BCUT2D eigenvalue weighted by molar-refractivity contribution is 7.75. The van der Waals surface area contributed by atoms with Crippen molar-refractivity contribution in [3.05, 3.63) is 107 Å². The van der Waals surface area contributed by atoms with E-state index in [9.17, 15) is 4.79 Å². The SMILES string of the molecule is CCCc1nc2c(C)cc(-c3nc4ccccc4n3C)cc2n1Cc1ccc(-c2ccccc2C(=O)OS)cc1. The van der Waals surface area contributed by atoms with E-state index in [4.69, 9.17) is 9.97 Å². The van der Waals surface area contributed by atoms with Crippen molar-refractivity contribution in [1.29, 1.82) is 0 Å². The second-order valence-corrected chi connectivity index (χ2v) is 10.3. The molecule has 6 aromatic rings. The summed E-state index contributed by atoms with van der Waals surface area (Å²) < 4.78 is 9.17. The van der Waals surface area contributed by atoms with Crippen LogP contribution in [0.3, 0.4) is 0 Å². The summed E-state index contributed by atoms with van der Waals surface area (Å²) in [6.07, 6.45) is 1.91. The molecule has 0 unspecified atom stereocenters. The lowest BCUT2D eigenvalue weighted by molar-refractivity contribution is 0.0773. The van der Waals surface area contributed by atoms with E-state index in [-0.39, 0.29) is 0 Å². The third-order valence-electron chi connectivity index (χ3n) is 7.48. The maximum absolute atomic E-state index is 12.2. The number of para-hydroxylation sites is 2. The van der Waals surface area contributed by atoms with Crippen LogP contribution < -0.4 is 0 Å². The number of fused-ring (bicyclic) bond motifs is 2. The molecule has 0 spiro atoms. The molecule has 0 fully saturated rings. The molecular formula is C33H30N4O2S. The fourth-order valence-electron chi connectivity index (χ4n) is 5.50. The highest BCUT2D eigenvalue weighted by Gasteiger charge is 2.18. The van der Waals surface area contributed by atoms with Gasteiger partial charge in [-0.3, -0.25) is 0 Å². The topological polar surface area (TPSA) is 61.9 Å². The van der Waals surface area contributed by atoms with Gasteiger partial charge in [-0.2, -0.15) is 0 Å². The van der Waals surface area contributed by atoms with Crippen LogP contribution in [0.15, 0.2) is 84.9 Å². The summed E-state index contributed by atoms with van der Waals surface area (Å²) in [6, 6.07) is 28.4. The number of hydrogen-bond acceptors (Lipinski definition) is 5. The molecule has 0 radical (unpaired) electrons. The first-order valence-electron chi connectivity index (χ1n) is 13.4. The Labute approximate surface area is 238 Å². The van der Waals surface area contributed by atoms with E-state index in [0.717, 1.165) is 74.4 Å². The molecule has 0 aliphatic heterocycles. The summed E-state index contributed by atoms with van der Waals surface area (Å²) in [7, 11) is 2.07. The maximum atomic E-state index is 12.2. The summed E-state index contributed by atoms with van der Waals surface area (Å²) in [4.78, 5) is 22.3. The van der Waals surface area contributed by atoms with E-state index in [1.54, 1.807) is 6.07 Å². The molecule has 2 aromatic heterocycles. The molecule has 200 valence electrons. The molecule has 6 rings (SSSR count). The van der Waals surface area contributed by atoms with Gasteiger partial charge < -0.3 is 13.3 Å². The number of rotatable bonds is 7. The highest BCUT2D eigenvalue weighted by atomic mass is 32.1. The van der Waals surface area contributed by atoms with Crippen molar-refractivity contribution < 1.29 is 8.98 Å². The number of carbonyl (C=O) groups excluding carboxylic acids is 1. The van der Waals surface area contributed by atoms with E-state index in [1.807, 2.05) is 30.3 Å². The molecule has 0 saturated heterocycles. The number of nitrogens with zero attached hydrogens (tertiary/aromatic N) is 4. The van der Waals surface area contributed by atoms with E-state index in [1.165, 1.54) is 0 Å². The number of benzene rings is 4. The standard InChI is InChI=1S/C33H30N4O2S/c1-4-9-30-35-31-21(2)18-24(32-34-27-12-7-8-13-28(27)36(32)3)19-29(31)37(30)20-22-14-16-23(17-15-22)25-10-5-6-11-26(25)33(38)39-40/h5-8,10-19,40H,4,9,20H2,1-3H3. The van der Waals surface area contributed by atoms with Gasteiger partial charge in [-0.15, -0.1) is 0 Å². The Hall–Kier alpha value is -4.36. The third-order valence-corrected chi connectivity index (χ3v) is 7.64. The molecule has 0 amide bonds. The molecule has 0 saturated carbocycles. The number of aryl methyl sites for hydroxylation is 3. The average Bonchev–Trinajstić information content (AvgIpc) is 3.50. The molecule has 0 atom stereocenters. The highest BCUT2D eigenvalue weighted by Crippen LogP contribution is 2.31. The van der Waals surface area contributed by atoms with Gasteiger partial charge in [0.05, 0.1) is 27.6 Å². The van der Waals surface area contributed by atoms with Gasteiger partial charge in [0.2, 0.25) is 0 Å². The molecule has 40 heavy (non-hydrogen) atoms. The Balaban J connectivity index is 1.41. The molecule has 0 aliphatic carbocycles. The lowest BCUT2D eigenvalue weighted by Crippen LogP contribution is -2.05. The van der Waals surface area contributed by atoms with Crippen LogP contribution in [-0.4, -0.2) is 25.1 Å². The Kier molecular flexibility index (Phi) is 6.90. The average molecular weight is 547 g/mol.